The molecule has 0 unspecified atom stereocenters. The van der Waals surface area contributed by atoms with Crippen molar-refractivity contribution in [2.24, 2.45) is 0 Å². The first-order chi connectivity index (χ1) is 17.6. The molecule has 0 spiro atoms. The van der Waals surface area contributed by atoms with Gasteiger partial charge in [-0.05, 0) is 55.5 Å². The summed E-state index contributed by atoms with van der Waals surface area (Å²) in [5.74, 6) is 0.368. The first kappa shape index (κ1) is 25.1. The second-order valence-electron chi connectivity index (χ2n) is 8.94. The number of fused-ring (bicyclic) bond motifs is 2. The van der Waals surface area contributed by atoms with Crippen molar-refractivity contribution in [2.45, 2.75) is 43.4 Å². The van der Waals surface area contributed by atoms with Crippen molar-refractivity contribution in [3.63, 3.8) is 0 Å². The Morgan fingerprint density at radius 2 is 1.81 bits per heavy atom. The van der Waals surface area contributed by atoms with Crippen LogP contribution in [0.2, 0.25) is 0 Å². The molecule has 0 amide bonds. The predicted molar refractivity (Wildman–Crippen MR) is 130 cm³/mol. The molecule has 2 aliphatic rings. The highest BCUT2D eigenvalue weighted by Gasteiger charge is 2.37. The minimum Gasteiger partial charge on any atom is -0.490 e. The third kappa shape index (κ3) is 5.29. The maximum atomic E-state index is 13.5. The average Bonchev–Trinajstić information content (AvgIpc) is 2.87. The Labute approximate surface area is 212 Å². The van der Waals surface area contributed by atoms with Gasteiger partial charge in [0, 0.05) is 7.05 Å². The molecule has 1 N–H and O–H groups in total. The minimum absolute atomic E-state index is 0.0295. The largest absolute Gasteiger partial charge is 0.490 e. The van der Waals surface area contributed by atoms with Gasteiger partial charge in [0.1, 0.15) is 19.0 Å². The normalized spacial score (nSPS) is 15.4. The SMILES string of the molecule is CN1CCOc2cc(COc3nc4c(nc3NS(=O)(=O)c3ccccc3C(F)(F)F)CCCC4)ccc21. The van der Waals surface area contributed by atoms with Gasteiger partial charge in [0.2, 0.25) is 5.82 Å². The number of hydrogen-bond donors (Lipinski definition) is 1. The number of likely N-dealkylation sites (N-methyl/N-ethyl adjacent to an activating group) is 1. The molecule has 0 fully saturated rings. The number of alkyl halides is 3. The van der Waals surface area contributed by atoms with Crippen LogP contribution in [-0.2, 0) is 35.6 Å². The van der Waals surface area contributed by atoms with E-state index in [2.05, 4.69) is 19.6 Å². The summed E-state index contributed by atoms with van der Waals surface area (Å²) in [4.78, 5) is 10.1. The summed E-state index contributed by atoms with van der Waals surface area (Å²) in [7, 11) is -2.69. The van der Waals surface area contributed by atoms with Crippen LogP contribution >= 0.6 is 0 Å². The first-order valence-electron chi connectivity index (χ1n) is 11.8. The third-order valence-corrected chi connectivity index (χ3v) is 7.70. The lowest BCUT2D eigenvalue weighted by molar-refractivity contribution is -0.139. The van der Waals surface area contributed by atoms with E-state index >= 15 is 0 Å². The van der Waals surface area contributed by atoms with Gasteiger partial charge in [-0.15, -0.1) is 0 Å². The fourth-order valence-corrected chi connectivity index (χ4v) is 5.63. The summed E-state index contributed by atoms with van der Waals surface area (Å²) < 4.78 is 80.6. The van der Waals surface area contributed by atoms with Crippen LogP contribution < -0.4 is 19.1 Å². The standard InChI is InChI=1S/C25H25F3N4O4S/c1-32-12-13-35-21-14-16(10-11-20(21)32)15-36-24-23(29-18-7-3-4-8-19(18)30-24)31-37(33,34)22-9-5-2-6-17(22)25(26,27)28/h2,5-6,9-11,14H,3-4,7-8,12-13,15H2,1H3,(H,29,31). The van der Waals surface area contributed by atoms with Gasteiger partial charge < -0.3 is 14.4 Å². The fourth-order valence-electron chi connectivity index (χ4n) is 4.40. The molecule has 0 saturated carbocycles. The van der Waals surface area contributed by atoms with Crippen molar-refractivity contribution in [2.75, 3.05) is 29.8 Å². The molecule has 1 aromatic heterocycles. The zero-order valence-electron chi connectivity index (χ0n) is 20.0. The smallest absolute Gasteiger partial charge is 0.417 e. The van der Waals surface area contributed by atoms with E-state index in [0.29, 0.717) is 36.6 Å². The Morgan fingerprint density at radius 1 is 1.08 bits per heavy atom. The Bertz CT molecular complexity index is 1430. The second-order valence-corrected chi connectivity index (χ2v) is 10.6. The van der Waals surface area contributed by atoms with Crippen LogP contribution in [0.3, 0.4) is 0 Å². The number of anilines is 2. The Kier molecular flexibility index (Phi) is 6.61. The van der Waals surface area contributed by atoms with Gasteiger partial charge in [-0.3, -0.25) is 4.72 Å². The van der Waals surface area contributed by atoms with Crippen molar-refractivity contribution in [1.29, 1.82) is 0 Å². The van der Waals surface area contributed by atoms with Crippen molar-refractivity contribution >= 4 is 21.5 Å². The third-order valence-electron chi connectivity index (χ3n) is 6.30. The van der Waals surface area contributed by atoms with Gasteiger partial charge in [-0.25, -0.2) is 18.4 Å². The second kappa shape index (κ2) is 9.73. The molecule has 5 rings (SSSR count). The van der Waals surface area contributed by atoms with Crippen molar-refractivity contribution in [3.05, 3.63) is 65.0 Å². The average molecular weight is 535 g/mol. The zero-order chi connectivity index (χ0) is 26.2. The van der Waals surface area contributed by atoms with E-state index < -0.39 is 26.7 Å². The molecular weight excluding hydrogens is 509 g/mol. The number of halogens is 3. The summed E-state index contributed by atoms with van der Waals surface area (Å²) in [6.07, 6.45) is -1.85. The van der Waals surface area contributed by atoms with E-state index in [9.17, 15) is 21.6 Å². The summed E-state index contributed by atoms with van der Waals surface area (Å²) in [5.41, 5.74) is 1.72. The number of nitrogens with one attached hydrogen (secondary N) is 1. The van der Waals surface area contributed by atoms with Crippen LogP contribution in [0.4, 0.5) is 24.7 Å². The molecule has 37 heavy (non-hydrogen) atoms. The number of benzene rings is 2. The number of hydrogen-bond acceptors (Lipinski definition) is 7. The number of rotatable bonds is 6. The lowest BCUT2D eigenvalue weighted by Gasteiger charge is -2.28. The predicted octanol–water partition coefficient (Wildman–Crippen LogP) is 4.58. The Balaban J connectivity index is 1.46. The highest BCUT2D eigenvalue weighted by atomic mass is 32.2. The number of nitrogens with zero attached hydrogens (tertiary/aromatic N) is 3. The van der Waals surface area contributed by atoms with E-state index in [0.717, 1.165) is 48.8 Å². The van der Waals surface area contributed by atoms with Crippen LogP contribution in [0.15, 0.2) is 47.4 Å². The molecular formula is C25H25F3N4O4S. The summed E-state index contributed by atoms with van der Waals surface area (Å²) >= 11 is 0. The lowest BCUT2D eigenvalue weighted by Crippen LogP contribution is -2.28. The number of sulfonamides is 1. The molecule has 8 nitrogen and oxygen atoms in total. The van der Waals surface area contributed by atoms with Gasteiger partial charge in [0.15, 0.2) is 0 Å². The monoisotopic (exact) mass is 534 g/mol. The molecule has 196 valence electrons. The van der Waals surface area contributed by atoms with Crippen molar-refractivity contribution in [3.8, 4) is 11.6 Å². The van der Waals surface area contributed by atoms with Gasteiger partial charge >= 0.3 is 6.18 Å². The molecule has 3 aromatic rings. The highest BCUT2D eigenvalue weighted by Crippen LogP contribution is 2.36. The summed E-state index contributed by atoms with van der Waals surface area (Å²) in [6.45, 7) is 1.35. The van der Waals surface area contributed by atoms with Gasteiger partial charge in [0.25, 0.3) is 15.9 Å². The topological polar surface area (TPSA) is 93.7 Å². The fraction of sp³-hybridized carbons (Fsp3) is 0.360. The molecule has 0 radical (unpaired) electrons. The van der Waals surface area contributed by atoms with Crippen molar-refractivity contribution in [1.82, 2.24) is 9.97 Å². The van der Waals surface area contributed by atoms with Gasteiger partial charge in [-0.2, -0.15) is 13.2 Å². The van der Waals surface area contributed by atoms with Gasteiger partial charge in [0.05, 0.1) is 34.1 Å². The maximum Gasteiger partial charge on any atom is 0.417 e. The molecule has 0 saturated heterocycles. The highest BCUT2D eigenvalue weighted by molar-refractivity contribution is 7.92. The number of ether oxygens (including phenoxy) is 2. The molecule has 2 heterocycles. The Morgan fingerprint density at radius 3 is 2.57 bits per heavy atom. The molecule has 2 aromatic carbocycles. The first-order valence-corrected chi connectivity index (χ1v) is 13.3. The molecule has 1 aliphatic heterocycles. The molecule has 0 atom stereocenters. The molecule has 12 heteroatoms. The number of aromatic nitrogens is 2. The van der Waals surface area contributed by atoms with E-state index in [-0.39, 0.29) is 18.3 Å². The van der Waals surface area contributed by atoms with Crippen LogP contribution in [0.1, 0.15) is 35.4 Å². The van der Waals surface area contributed by atoms with E-state index in [1.807, 2.05) is 25.2 Å². The van der Waals surface area contributed by atoms with Crippen molar-refractivity contribution < 1.29 is 31.1 Å². The van der Waals surface area contributed by atoms with E-state index in [1.165, 1.54) is 6.07 Å². The van der Waals surface area contributed by atoms with E-state index in [1.54, 1.807) is 0 Å². The zero-order valence-corrected chi connectivity index (χ0v) is 20.8. The maximum absolute atomic E-state index is 13.5. The number of aryl methyl sites for hydroxylation is 2. The van der Waals surface area contributed by atoms with Crippen LogP contribution in [0, 0.1) is 0 Å². The molecule has 0 bridgehead atoms. The Hall–Kier alpha value is -3.54. The summed E-state index contributed by atoms with van der Waals surface area (Å²) in [5, 5.41) is 0. The quantitative estimate of drug-likeness (QED) is 0.495. The van der Waals surface area contributed by atoms with Crippen LogP contribution in [0.5, 0.6) is 11.6 Å². The van der Waals surface area contributed by atoms with Crippen LogP contribution in [-0.4, -0.2) is 38.6 Å². The van der Waals surface area contributed by atoms with E-state index in [4.69, 9.17) is 9.47 Å². The lowest BCUT2D eigenvalue weighted by atomic mass is 10.0. The minimum atomic E-state index is -4.85. The summed E-state index contributed by atoms with van der Waals surface area (Å²) in [6, 6.07) is 9.59. The van der Waals surface area contributed by atoms with Crippen LogP contribution in [0.25, 0.3) is 0 Å². The molecule has 1 aliphatic carbocycles. The van der Waals surface area contributed by atoms with Gasteiger partial charge in [-0.1, -0.05) is 18.2 Å².